The topological polar surface area (TPSA) is 89.9 Å². The molecule has 0 amide bonds. The van der Waals surface area contributed by atoms with Crippen molar-refractivity contribution < 1.29 is 27.8 Å². The minimum Gasteiger partial charge on any atom is -0.484 e. The highest BCUT2D eigenvalue weighted by molar-refractivity contribution is 7.71. The number of aliphatic hydroxyl groups excluding tert-OH is 1. The van der Waals surface area contributed by atoms with Crippen LogP contribution in [-0.4, -0.2) is 31.2 Å². The summed E-state index contributed by atoms with van der Waals surface area (Å²) in [5.74, 6) is -0.513. The third-order valence-corrected chi connectivity index (χ3v) is 4.28. The van der Waals surface area contributed by atoms with Gasteiger partial charge in [0.1, 0.15) is 16.3 Å². The fourth-order valence-electron chi connectivity index (χ4n) is 2.75. The maximum absolute atomic E-state index is 12.1. The van der Waals surface area contributed by atoms with Crippen LogP contribution in [0.5, 0.6) is 0 Å². The second-order valence-electron chi connectivity index (χ2n) is 6.40. The van der Waals surface area contributed by atoms with E-state index < -0.39 is 22.3 Å². The first-order valence-corrected chi connectivity index (χ1v) is 9.01. The summed E-state index contributed by atoms with van der Waals surface area (Å²) in [6.45, 7) is 6.86. The molecule has 1 aromatic carbocycles. The zero-order valence-electron chi connectivity index (χ0n) is 14.2. The molecule has 0 unspecified atom stereocenters. The van der Waals surface area contributed by atoms with Crippen LogP contribution < -0.4 is 0 Å². The maximum Gasteiger partial charge on any atom is 0.374 e. The zero-order chi connectivity index (χ0) is 18.1. The van der Waals surface area contributed by atoms with Crippen LogP contribution in [-0.2, 0) is 37.3 Å². The smallest absolute Gasteiger partial charge is 0.374 e. The van der Waals surface area contributed by atoms with Gasteiger partial charge in [0.25, 0.3) is 0 Å². The summed E-state index contributed by atoms with van der Waals surface area (Å²) in [6.07, 6.45) is -0.197. The fourth-order valence-corrected chi connectivity index (χ4v) is 3.33. The van der Waals surface area contributed by atoms with E-state index >= 15 is 0 Å². The van der Waals surface area contributed by atoms with Gasteiger partial charge in [-0.3, -0.25) is 0 Å². The number of hydrogen-bond acceptors (Lipinski definition) is 6. The normalized spacial score (nSPS) is 16.9. The van der Waals surface area contributed by atoms with Gasteiger partial charge in [0.2, 0.25) is 5.76 Å². The maximum atomic E-state index is 12.1. The molecule has 0 saturated heterocycles. The van der Waals surface area contributed by atoms with Crippen molar-refractivity contribution >= 4 is 22.2 Å². The molecule has 7 heteroatoms. The van der Waals surface area contributed by atoms with Crippen molar-refractivity contribution in [3.05, 3.63) is 40.6 Å². The van der Waals surface area contributed by atoms with Crippen molar-refractivity contribution in [2.45, 2.75) is 51.8 Å². The molecule has 1 heterocycles. The lowest BCUT2D eigenvalue weighted by atomic mass is 9.90. The number of thiol groups is 1. The highest BCUT2D eigenvalue weighted by Crippen LogP contribution is 2.40. The van der Waals surface area contributed by atoms with Crippen molar-refractivity contribution in [1.82, 2.24) is 0 Å². The van der Waals surface area contributed by atoms with Gasteiger partial charge >= 0.3 is 5.97 Å². The van der Waals surface area contributed by atoms with Crippen molar-refractivity contribution in [2.24, 2.45) is 0 Å². The van der Waals surface area contributed by atoms with Crippen LogP contribution in [0.15, 0.2) is 24.0 Å². The SMILES string of the molecule is CC(C)OC1=C(c2ccc(C[SH](=O)=O)c(CO)c2)C(C)(C)OC1=O. The van der Waals surface area contributed by atoms with E-state index in [1.54, 1.807) is 32.0 Å². The van der Waals surface area contributed by atoms with Crippen LogP contribution in [0.4, 0.5) is 0 Å². The molecule has 0 fully saturated rings. The molecular formula is C17H22O6S. The molecule has 1 aliphatic rings. The third-order valence-electron chi connectivity index (χ3n) is 3.68. The van der Waals surface area contributed by atoms with E-state index in [0.717, 1.165) is 0 Å². The van der Waals surface area contributed by atoms with Gasteiger partial charge in [0.05, 0.1) is 24.0 Å². The van der Waals surface area contributed by atoms with Crippen molar-refractivity contribution in [2.75, 3.05) is 0 Å². The van der Waals surface area contributed by atoms with E-state index in [1.165, 1.54) is 0 Å². The van der Waals surface area contributed by atoms with E-state index in [2.05, 4.69) is 0 Å². The molecule has 0 aliphatic carbocycles. The molecular weight excluding hydrogens is 332 g/mol. The first-order chi connectivity index (χ1) is 11.2. The lowest BCUT2D eigenvalue weighted by Gasteiger charge is -2.22. The number of rotatable bonds is 6. The summed E-state index contributed by atoms with van der Waals surface area (Å²) in [5.41, 5.74) is 1.41. The average Bonchev–Trinajstić information content (AvgIpc) is 2.67. The predicted molar refractivity (Wildman–Crippen MR) is 89.7 cm³/mol. The Bertz CT molecular complexity index is 750. The molecule has 1 aromatic rings. The van der Waals surface area contributed by atoms with Crippen LogP contribution in [0.3, 0.4) is 0 Å². The van der Waals surface area contributed by atoms with Crippen LogP contribution in [0.25, 0.3) is 5.57 Å². The molecule has 0 spiro atoms. The number of ether oxygens (including phenoxy) is 2. The summed E-state index contributed by atoms with van der Waals surface area (Å²) in [5, 5.41) is 9.55. The van der Waals surface area contributed by atoms with E-state index in [4.69, 9.17) is 9.47 Å². The number of benzene rings is 1. The lowest BCUT2D eigenvalue weighted by Crippen LogP contribution is -2.22. The minimum atomic E-state index is -2.59. The van der Waals surface area contributed by atoms with E-state index in [9.17, 15) is 18.3 Å². The Morgan fingerprint density at radius 1 is 1.25 bits per heavy atom. The van der Waals surface area contributed by atoms with Gasteiger partial charge in [-0.1, -0.05) is 12.1 Å². The summed E-state index contributed by atoms with van der Waals surface area (Å²) in [6, 6.07) is 5.04. The first-order valence-electron chi connectivity index (χ1n) is 7.65. The molecule has 0 saturated carbocycles. The van der Waals surface area contributed by atoms with Crippen LogP contribution in [0.1, 0.15) is 44.4 Å². The number of hydrogen-bond donors (Lipinski definition) is 2. The molecule has 24 heavy (non-hydrogen) atoms. The Morgan fingerprint density at radius 3 is 2.46 bits per heavy atom. The highest BCUT2D eigenvalue weighted by atomic mass is 32.2. The highest BCUT2D eigenvalue weighted by Gasteiger charge is 2.43. The van der Waals surface area contributed by atoms with Gasteiger partial charge in [-0.2, -0.15) is 0 Å². The minimum absolute atomic E-state index is 0.140. The molecule has 2 rings (SSSR count). The Kier molecular flexibility index (Phi) is 5.35. The van der Waals surface area contributed by atoms with Gasteiger partial charge in [-0.25, -0.2) is 13.2 Å². The van der Waals surface area contributed by atoms with Crippen LogP contribution in [0.2, 0.25) is 0 Å². The molecule has 0 atom stereocenters. The monoisotopic (exact) mass is 354 g/mol. The van der Waals surface area contributed by atoms with Crippen LogP contribution >= 0.6 is 0 Å². The number of carbonyl (C=O) groups is 1. The van der Waals surface area contributed by atoms with E-state index in [-0.39, 0.29) is 24.2 Å². The number of aliphatic hydroxyl groups is 1. The molecule has 6 nitrogen and oxygen atoms in total. The standard InChI is InChI=1S/C17H22O6S/c1-10(2)22-15-14(17(3,4)23-16(15)19)11-5-6-12(9-24(20)21)13(7-11)8-18/h5-7,10,18,24H,8-9H2,1-4H3. The average molecular weight is 354 g/mol. The van der Waals surface area contributed by atoms with Gasteiger partial charge in [-0.15, -0.1) is 0 Å². The molecule has 0 radical (unpaired) electrons. The van der Waals surface area contributed by atoms with Gasteiger partial charge in [-0.05, 0) is 50.5 Å². The summed E-state index contributed by atoms with van der Waals surface area (Å²) in [4.78, 5) is 12.1. The lowest BCUT2D eigenvalue weighted by molar-refractivity contribution is -0.147. The molecule has 1 aliphatic heterocycles. The fraction of sp³-hybridized carbons (Fsp3) is 0.471. The largest absolute Gasteiger partial charge is 0.484 e. The first kappa shape index (κ1) is 18.5. The van der Waals surface area contributed by atoms with E-state index in [0.29, 0.717) is 22.3 Å². The number of carbonyl (C=O) groups excluding carboxylic acids is 1. The Morgan fingerprint density at radius 2 is 1.92 bits per heavy atom. The number of esters is 1. The summed E-state index contributed by atoms with van der Waals surface area (Å²) >= 11 is 0. The van der Waals surface area contributed by atoms with Crippen molar-refractivity contribution in [3.63, 3.8) is 0 Å². The molecule has 0 aromatic heterocycles. The van der Waals surface area contributed by atoms with Crippen molar-refractivity contribution in [3.8, 4) is 0 Å². The second kappa shape index (κ2) is 6.94. The Balaban J connectivity index is 2.58. The van der Waals surface area contributed by atoms with Gasteiger partial charge in [0.15, 0.2) is 0 Å². The van der Waals surface area contributed by atoms with Gasteiger partial charge < -0.3 is 14.6 Å². The van der Waals surface area contributed by atoms with E-state index in [1.807, 2.05) is 13.8 Å². The number of cyclic esters (lactones) is 1. The van der Waals surface area contributed by atoms with Crippen LogP contribution in [0, 0.1) is 0 Å². The Labute approximate surface area is 143 Å². The van der Waals surface area contributed by atoms with Crippen molar-refractivity contribution in [1.29, 1.82) is 0 Å². The molecule has 1 N–H and O–H groups in total. The Hall–Kier alpha value is -1.86. The molecule has 0 bridgehead atoms. The predicted octanol–water partition coefficient (Wildman–Crippen LogP) is 1.76. The zero-order valence-corrected chi connectivity index (χ0v) is 15.1. The van der Waals surface area contributed by atoms with Gasteiger partial charge in [0, 0.05) is 0 Å². The quantitative estimate of drug-likeness (QED) is 0.598. The third kappa shape index (κ3) is 3.79. The summed E-state index contributed by atoms with van der Waals surface area (Å²) in [7, 11) is -2.59. The molecule has 132 valence electrons. The summed E-state index contributed by atoms with van der Waals surface area (Å²) < 4.78 is 33.0. The second-order valence-corrected chi connectivity index (χ2v) is 7.38.